The summed E-state index contributed by atoms with van der Waals surface area (Å²) in [4.78, 5) is 0. The third-order valence-electron chi connectivity index (χ3n) is 3.49. The maximum Gasteiger partial charge on any atom is 0.190 e. The lowest BCUT2D eigenvalue weighted by molar-refractivity contribution is -0.210. The standard InChI is InChI=1S/C13H22O3/c1-6-8-9-10(7-2)14-11-13(9,5)16-12(3,4)15-11/h6,8-11H,7H2,1-5H3. The van der Waals surface area contributed by atoms with Gasteiger partial charge in [-0.1, -0.05) is 19.1 Å². The monoisotopic (exact) mass is 226 g/mol. The second-order valence-electron chi connectivity index (χ2n) is 5.27. The Hall–Kier alpha value is -0.380. The summed E-state index contributed by atoms with van der Waals surface area (Å²) in [5.74, 6) is -0.271. The fourth-order valence-electron chi connectivity index (χ4n) is 2.85. The topological polar surface area (TPSA) is 27.7 Å². The molecule has 2 saturated heterocycles. The van der Waals surface area contributed by atoms with E-state index < -0.39 is 5.79 Å². The van der Waals surface area contributed by atoms with Gasteiger partial charge in [0.2, 0.25) is 0 Å². The van der Waals surface area contributed by atoms with Crippen molar-refractivity contribution >= 4 is 0 Å². The summed E-state index contributed by atoms with van der Waals surface area (Å²) >= 11 is 0. The average molecular weight is 226 g/mol. The summed E-state index contributed by atoms with van der Waals surface area (Å²) in [5.41, 5.74) is -0.351. The van der Waals surface area contributed by atoms with Crippen molar-refractivity contribution in [1.29, 1.82) is 0 Å². The Morgan fingerprint density at radius 3 is 2.50 bits per heavy atom. The molecule has 0 aliphatic carbocycles. The number of allylic oxidation sites excluding steroid dienone is 1. The molecular formula is C13H22O3. The summed E-state index contributed by atoms with van der Waals surface area (Å²) in [6.07, 6.45) is 5.18. The van der Waals surface area contributed by atoms with Crippen LogP contribution in [0.4, 0.5) is 0 Å². The van der Waals surface area contributed by atoms with Crippen LogP contribution in [0.5, 0.6) is 0 Å². The van der Waals surface area contributed by atoms with Gasteiger partial charge in [-0.05, 0) is 34.1 Å². The van der Waals surface area contributed by atoms with Crippen molar-refractivity contribution in [2.24, 2.45) is 5.92 Å². The number of rotatable bonds is 2. The molecule has 2 aliphatic heterocycles. The minimum absolute atomic E-state index is 0.197. The molecule has 0 bridgehead atoms. The normalized spacial score (nSPS) is 46.4. The number of ether oxygens (including phenoxy) is 3. The Morgan fingerprint density at radius 1 is 1.25 bits per heavy atom. The van der Waals surface area contributed by atoms with E-state index in [9.17, 15) is 0 Å². The molecule has 0 radical (unpaired) electrons. The first-order valence-electron chi connectivity index (χ1n) is 6.09. The quantitative estimate of drug-likeness (QED) is 0.678. The molecule has 0 amide bonds. The van der Waals surface area contributed by atoms with Crippen LogP contribution in [-0.4, -0.2) is 23.8 Å². The summed E-state index contributed by atoms with van der Waals surface area (Å²) in [6, 6.07) is 0. The Labute approximate surface area is 97.8 Å². The van der Waals surface area contributed by atoms with Gasteiger partial charge in [0.1, 0.15) is 5.60 Å². The molecule has 2 heterocycles. The third kappa shape index (κ3) is 1.71. The second kappa shape index (κ2) is 3.83. The Morgan fingerprint density at radius 2 is 1.94 bits per heavy atom. The van der Waals surface area contributed by atoms with Gasteiger partial charge in [-0.25, -0.2) is 0 Å². The molecule has 16 heavy (non-hydrogen) atoms. The van der Waals surface area contributed by atoms with Crippen molar-refractivity contribution in [3.63, 3.8) is 0 Å². The number of hydrogen-bond acceptors (Lipinski definition) is 3. The van der Waals surface area contributed by atoms with Crippen molar-refractivity contribution in [2.45, 2.75) is 64.8 Å². The highest BCUT2D eigenvalue weighted by molar-refractivity contribution is 5.09. The zero-order valence-electron chi connectivity index (χ0n) is 10.8. The van der Waals surface area contributed by atoms with E-state index in [1.54, 1.807) is 0 Å². The van der Waals surface area contributed by atoms with E-state index in [2.05, 4.69) is 26.0 Å². The molecule has 0 spiro atoms. The number of hydrogen-bond donors (Lipinski definition) is 0. The molecular weight excluding hydrogens is 204 g/mol. The zero-order chi connectivity index (χ0) is 12.0. The summed E-state index contributed by atoms with van der Waals surface area (Å²) in [7, 11) is 0. The maximum atomic E-state index is 6.06. The first kappa shape index (κ1) is 12.1. The summed E-state index contributed by atoms with van der Waals surface area (Å²) in [6.45, 7) is 10.1. The minimum Gasteiger partial charge on any atom is -0.346 e. The predicted molar refractivity (Wildman–Crippen MR) is 61.9 cm³/mol. The van der Waals surface area contributed by atoms with E-state index in [-0.39, 0.29) is 23.9 Å². The predicted octanol–water partition coefficient (Wildman–Crippen LogP) is 2.86. The molecule has 2 aliphatic rings. The highest BCUT2D eigenvalue weighted by atomic mass is 16.8. The van der Waals surface area contributed by atoms with Crippen molar-refractivity contribution < 1.29 is 14.2 Å². The van der Waals surface area contributed by atoms with Crippen LogP contribution in [0.2, 0.25) is 0 Å². The molecule has 0 aromatic heterocycles. The molecule has 0 aromatic rings. The highest BCUT2D eigenvalue weighted by Crippen LogP contribution is 2.49. The van der Waals surface area contributed by atoms with Crippen LogP contribution in [0.3, 0.4) is 0 Å². The Kier molecular flexibility index (Phi) is 2.89. The molecule has 3 nitrogen and oxygen atoms in total. The van der Waals surface area contributed by atoms with Crippen LogP contribution >= 0.6 is 0 Å². The van der Waals surface area contributed by atoms with Gasteiger partial charge < -0.3 is 14.2 Å². The molecule has 4 atom stereocenters. The molecule has 0 N–H and O–H groups in total. The Bertz CT molecular complexity index is 298. The molecule has 2 rings (SSSR count). The van der Waals surface area contributed by atoms with Crippen molar-refractivity contribution in [3.05, 3.63) is 12.2 Å². The van der Waals surface area contributed by atoms with Gasteiger partial charge in [0.25, 0.3) is 0 Å². The van der Waals surface area contributed by atoms with E-state index in [4.69, 9.17) is 14.2 Å². The van der Waals surface area contributed by atoms with Crippen LogP contribution in [0.1, 0.15) is 41.0 Å². The van der Waals surface area contributed by atoms with Crippen molar-refractivity contribution in [1.82, 2.24) is 0 Å². The van der Waals surface area contributed by atoms with Crippen molar-refractivity contribution in [2.75, 3.05) is 0 Å². The van der Waals surface area contributed by atoms with Gasteiger partial charge in [0, 0.05) is 5.92 Å². The fourth-order valence-corrected chi connectivity index (χ4v) is 2.85. The van der Waals surface area contributed by atoms with E-state index >= 15 is 0 Å². The number of fused-ring (bicyclic) bond motifs is 1. The fraction of sp³-hybridized carbons (Fsp3) is 0.846. The smallest absolute Gasteiger partial charge is 0.190 e. The van der Waals surface area contributed by atoms with Crippen LogP contribution in [-0.2, 0) is 14.2 Å². The Balaban J connectivity index is 2.27. The lowest BCUT2D eigenvalue weighted by Crippen LogP contribution is -2.40. The van der Waals surface area contributed by atoms with Gasteiger partial charge >= 0.3 is 0 Å². The first-order chi connectivity index (χ1) is 7.43. The van der Waals surface area contributed by atoms with Crippen LogP contribution < -0.4 is 0 Å². The minimum atomic E-state index is -0.544. The van der Waals surface area contributed by atoms with Gasteiger partial charge in [0.15, 0.2) is 12.1 Å². The van der Waals surface area contributed by atoms with E-state index in [0.717, 1.165) is 6.42 Å². The second-order valence-corrected chi connectivity index (χ2v) is 5.27. The SMILES string of the molecule is CC=CC1C(CC)OC2OC(C)(C)OC21C. The van der Waals surface area contributed by atoms with Crippen molar-refractivity contribution in [3.8, 4) is 0 Å². The largest absolute Gasteiger partial charge is 0.346 e. The van der Waals surface area contributed by atoms with Crippen LogP contribution in [0, 0.1) is 5.92 Å². The highest BCUT2D eigenvalue weighted by Gasteiger charge is 2.61. The maximum absolute atomic E-state index is 6.06. The molecule has 3 heteroatoms. The third-order valence-corrected chi connectivity index (χ3v) is 3.49. The zero-order valence-corrected chi connectivity index (χ0v) is 10.8. The molecule has 92 valence electrons. The lowest BCUT2D eigenvalue weighted by Gasteiger charge is -2.29. The lowest BCUT2D eigenvalue weighted by atomic mass is 9.85. The molecule has 4 unspecified atom stereocenters. The average Bonchev–Trinajstić information content (AvgIpc) is 2.54. The molecule has 0 aromatic carbocycles. The van der Waals surface area contributed by atoms with E-state index in [1.807, 2.05) is 20.8 Å². The first-order valence-corrected chi connectivity index (χ1v) is 6.09. The molecule has 2 fully saturated rings. The van der Waals surface area contributed by atoms with E-state index in [0.29, 0.717) is 0 Å². The van der Waals surface area contributed by atoms with Gasteiger partial charge in [-0.2, -0.15) is 0 Å². The van der Waals surface area contributed by atoms with Gasteiger partial charge in [-0.15, -0.1) is 0 Å². The molecule has 0 saturated carbocycles. The van der Waals surface area contributed by atoms with Crippen LogP contribution in [0.15, 0.2) is 12.2 Å². The van der Waals surface area contributed by atoms with Crippen LogP contribution in [0.25, 0.3) is 0 Å². The summed E-state index contributed by atoms with van der Waals surface area (Å²) < 4.78 is 17.8. The van der Waals surface area contributed by atoms with Gasteiger partial charge in [0.05, 0.1) is 6.10 Å². The van der Waals surface area contributed by atoms with E-state index in [1.165, 1.54) is 0 Å². The van der Waals surface area contributed by atoms with Gasteiger partial charge in [-0.3, -0.25) is 0 Å². The summed E-state index contributed by atoms with van der Waals surface area (Å²) in [5, 5.41) is 0.